The van der Waals surface area contributed by atoms with E-state index in [-0.39, 0.29) is 18.6 Å². The van der Waals surface area contributed by atoms with Crippen LogP contribution in [0.5, 0.6) is 11.5 Å². The maximum absolute atomic E-state index is 12.2. The van der Waals surface area contributed by atoms with Crippen molar-refractivity contribution in [2.45, 2.75) is 25.6 Å². The predicted molar refractivity (Wildman–Crippen MR) is 94.8 cm³/mol. The summed E-state index contributed by atoms with van der Waals surface area (Å²) in [4.78, 5) is 12.2. The number of amides is 1. The quantitative estimate of drug-likeness (QED) is 0.786. The van der Waals surface area contributed by atoms with Crippen LogP contribution in [-0.4, -0.2) is 31.8 Å². The highest BCUT2D eigenvalue weighted by Gasteiger charge is 2.26. The molecular weight excluding hydrogens is 318 g/mol. The molecule has 0 saturated carbocycles. The summed E-state index contributed by atoms with van der Waals surface area (Å²) in [6.07, 6.45) is 0.176. The zero-order valence-electron chi connectivity index (χ0n) is 14.3. The van der Waals surface area contributed by atoms with E-state index >= 15 is 0 Å². The maximum Gasteiger partial charge on any atom is 0.264 e. The number of para-hydroxylation sites is 2. The van der Waals surface area contributed by atoms with Gasteiger partial charge in [0.2, 0.25) is 6.10 Å². The van der Waals surface area contributed by atoms with E-state index in [1.165, 1.54) is 0 Å². The number of carbonyl (C=O) groups excluding carboxylic acids is 1. The number of fused-ring (bicyclic) bond motifs is 1. The number of hydrogen-bond acceptors (Lipinski definition) is 4. The molecule has 132 valence electrons. The van der Waals surface area contributed by atoms with Gasteiger partial charge in [0, 0.05) is 13.2 Å². The van der Waals surface area contributed by atoms with Crippen LogP contribution >= 0.6 is 0 Å². The summed E-state index contributed by atoms with van der Waals surface area (Å²) in [7, 11) is 0. The summed E-state index contributed by atoms with van der Waals surface area (Å²) in [6.45, 7) is 3.38. The van der Waals surface area contributed by atoms with Gasteiger partial charge in [-0.15, -0.1) is 0 Å². The Kier molecular flexibility index (Phi) is 5.90. The second-order valence-electron chi connectivity index (χ2n) is 5.93. The Labute approximate surface area is 147 Å². The molecule has 5 heteroatoms. The average molecular weight is 341 g/mol. The summed E-state index contributed by atoms with van der Waals surface area (Å²) in [6, 6.07) is 17.4. The van der Waals surface area contributed by atoms with Gasteiger partial charge in [-0.2, -0.15) is 0 Å². The summed E-state index contributed by atoms with van der Waals surface area (Å²) in [5, 5.41) is 2.87. The monoisotopic (exact) mass is 341 g/mol. The SMILES string of the molecule is CC(OCCCNC(=O)C1COc2ccccc2O1)c1ccccc1. The molecule has 0 aromatic heterocycles. The van der Waals surface area contributed by atoms with Gasteiger partial charge in [-0.1, -0.05) is 42.5 Å². The largest absolute Gasteiger partial charge is 0.485 e. The second-order valence-corrected chi connectivity index (χ2v) is 5.93. The molecule has 0 spiro atoms. The van der Waals surface area contributed by atoms with E-state index in [1.54, 1.807) is 6.07 Å². The fourth-order valence-electron chi connectivity index (χ4n) is 2.63. The van der Waals surface area contributed by atoms with Crippen molar-refractivity contribution in [2.24, 2.45) is 0 Å². The molecule has 0 radical (unpaired) electrons. The average Bonchev–Trinajstić information content (AvgIpc) is 2.67. The molecular formula is C20H23NO4. The highest BCUT2D eigenvalue weighted by Crippen LogP contribution is 2.30. The van der Waals surface area contributed by atoms with Crippen LogP contribution in [0.2, 0.25) is 0 Å². The number of ether oxygens (including phenoxy) is 3. The Balaban J connectivity index is 1.35. The van der Waals surface area contributed by atoms with Gasteiger partial charge >= 0.3 is 0 Å². The molecule has 1 aliphatic rings. The lowest BCUT2D eigenvalue weighted by atomic mass is 10.1. The molecule has 1 amide bonds. The normalized spacial score (nSPS) is 16.9. The summed E-state index contributed by atoms with van der Waals surface area (Å²) >= 11 is 0. The van der Waals surface area contributed by atoms with Gasteiger partial charge in [0.15, 0.2) is 11.5 Å². The van der Waals surface area contributed by atoms with Gasteiger partial charge in [-0.3, -0.25) is 4.79 Å². The fraction of sp³-hybridized carbons (Fsp3) is 0.350. The molecule has 25 heavy (non-hydrogen) atoms. The first-order chi connectivity index (χ1) is 12.2. The standard InChI is InChI=1S/C20H23NO4/c1-15(16-8-3-2-4-9-16)23-13-7-12-21-20(22)19-14-24-17-10-5-6-11-18(17)25-19/h2-6,8-11,15,19H,7,12-14H2,1H3,(H,21,22). The molecule has 1 N–H and O–H groups in total. The van der Waals surface area contributed by atoms with Crippen molar-refractivity contribution < 1.29 is 19.0 Å². The Morgan fingerprint density at radius 1 is 1.16 bits per heavy atom. The van der Waals surface area contributed by atoms with Crippen LogP contribution in [0, 0.1) is 0 Å². The molecule has 2 atom stereocenters. The van der Waals surface area contributed by atoms with Gasteiger partial charge < -0.3 is 19.5 Å². The smallest absolute Gasteiger partial charge is 0.264 e. The molecule has 5 nitrogen and oxygen atoms in total. The van der Waals surface area contributed by atoms with Crippen LogP contribution < -0.4 is 14.8 Å². The van der Waals surface area contributed by atoms with Gasteiger partial charge in [0.25, 0.3) is 5.91 Å². The van der Waals surface area contributed by atoms with Crippen molar-refractivity contribution in [1.29, 1.82) is 0 Å². The Hall–Kier alpha value is -2.53. The fourth-order valence-corrected chi connectivity index (χ4v) is 2.63. The Bertz CT molecular complexity index is 689. The lowest BCUT2D eigenvalue weighted by Crippen LogP contribution is -2.44. The molecule has 2 unspecified atom stereocenters. The first kappa shape index (κ1) is 17.3. The molecule has 2 aromatic carbocycles. The van der Waals surface area contributed by atoms with Crippen molar-refractivity contribution in [2.75, 3.05) is 19.8 Å². The summed E-state index contributed by atoms with van der Waals surface area (Å²) < 4.78 is 17.0. The van der Waals surface area contributed by atoms with Crippen LogP contribution in [-0.2, 0) is 9.53 Å². The minimum absolute atomic E-state index is 0.0449. The highest BCUT2D eigenvalue weighted by atomic mass is 16.6. The lowest BCUT2D eigenvalue weighted by Gasteiger charge is -2.25. The number of nitrogens with one attached hydrogen (secondary N) is 1. The summed E-state index contributed by atoms with van der Waals surface area (Å²) in [5.74, 6) is 1.12. The van der Waals surface area contributed by atoms with E-state index < -0.39 is 6.10 Å². The third-order valence-corrected chi connectivity index (χ3v) is 4.06. The van der Waals surface area contributed by atoms with Crippen LogP contribution in [0.15, 0.2) is 54.6 Å². The van der Waals surface area contributed by atoms with E-state index in [1.807, 2.05) is 55.5 Å². The van der Waals surface area contributed by atoms with Crippen molar-refractivity contribution in [3.05, 3.63) is 60.2 Å². The molecule has 0 bridgehead atoms. The molecule has 0 aliphatic carbocycles. The van der Waals surface area contributed by atoms with Gasteiger partial charge in [0.05, 0.1) is 6.10 Å². The minimum atomic E-state index is -0.612. The number of carbonyl (C=O) groups is 1. The van der Waals surface area contributed by atoms with Gasteiger partial charge in [-0.05, 0) is 31.0 Å². The zero-order chi connectivity index (χ0) is 17.5. The van der Waals surface area contributed by atoms with Gasteiger partial charge in [-0.25, -0.2) is 0 Å². The minimum Gasteiger partial charge on any atom is -0.485 e. The number of rotatable bonds is 7. The van der Waals surface area contributed by atoms with Crippen LogP contribution in [0.1, 0.15) is 25.0 Å². The molecule has 1 aliphatic heterocycles. The molecule has 3 rings (SSSR count). The first-order valence-electron chi connectivity index (χ1n) is 8.57. The maximum atomic E-state index is 12.2. The van der Waals surface area contributed by atoms with Crippen LogP contribution in [0.3, 0.4) is 0 Å². The van der Waals surface area contributed by atoms with Crippen LogP contribution in [0.25, 0.3) is 0 Å². The van der Waals surface area contributed by atoms with E-state index in [0.717, 1.165) is 12.0 Å². The van der Waals surface area contributed by atoms with Crippen molar-refractivity contribution in [3.63, 3.8) is 0 Å². The molecule has 0 saturated heterocycles. The first-order valence-corrected chi connectivity index (χ1v) is 8.57. The molecule has 2 aromatic rings. The summed E-state index contributed by atoms with van der Waals surface area (Å²) in [5.41, 5.74) is 1.15. The molecule has 0 fully saturated rings. The third-order valence-electron chi connectivity index (χ3n) is 4.06. The second kappa shape index (κ2) is 8.53. The van der Waals surface area contributed by atoms with E-state index in [9.17, 15) is 4.79 Å². The van der Waals surface area contributed by atoms with E-state index in [2.05, 4.69) is 5.32 Å². The van der Waals surface area contributed by atoms with Crippen molar-refractivity contribution in [1.82, 2.24) is 5.32 Å². The predicted octanol–water partition coefficient (Wildman–Crippen LogP) is 3.11. The van der Waals surface area contributed by atoms with Crippen LogP contribution in [0.4, 0.5) is 0 Å². The zero-order valence-corrected chi connectivity index (χ0v) is 14.3. The van der Waals surface area contributed by atoms with E-state index in [0.29, 0.717) is 24.7 Å². The Morgan fingerprint density at radius 3 is 2.68 bits per heavy atom. The third kappa shape index (κ3) is 4.73. The van der Waals surface area contributed by atoms with E-state index in [4.69, 9.17) is 14.2 Å². The van der Waals surface area contributed by atoms with Crippen molar-refractivity contribution >= 4 is 5.91 Å². The highest BCUT2D eigenvalue weighted by molar-refractivity contribution is 5.81. The molecule has 1 heterocycles. The number of hydrogen-bond donors (Lipinski definition) is 1. The number of benzene rings is 2. The lowest BCUT2D eigenvalue weighted by molar-refractivity contribution is -0.130. The topological polar surface area (TPSA) is 56.8 Å². The Morgan fingerprint density at radius 2 is 1.88 bits per heavy atom. The van der Waals surface area contributed by atoms with Crippen molar-refractivity contribution in [3.8, 4) is 11.5 Å². The van der Waals surface area contributed by atoms with Gasteiger partial charge in [0.1, 0.15) is 6.61 Å².